The van der Waals surface area contributed by atoms with Crippen LogP contribution in [0, 0.1) is 0 Å². The number of rotatable bonds is 4. The Bertz CT molecular complexity index is 778. The molecule has 1 aliphatic rings. The molecule has 134 valence electrons. The Balaban J connectivity index is 1.62. The van der Waals surface area contributed by atoms with Gasteiger partial charge >= 0.3 is 0 Å². The summed E-state index contributed by atoms with van der Waals surface area (Å²) in [5.74, 6) is 0.808. The molecule has 2 aromatic rings. The molecule has 3 rings (SSSR count). The third-order valence-electron chi connectivity index (χ3n) is 4.52. The molecule has 0 radical (unpaired) electrons. The number of aromatic nitrogens is 1. The number of aryl methyl sites for hydroxylation is 1. The lowest BCUT2D eigenvalue weighted by Gasteiger charge is -2.35. The zero-order valence-electron chi connectivity index (χ0n) is 14.9. The molecule has 2 amide bonds. The summed E-state index contributed by atoms with van der Waals surface area (Å²) in [5, 5.41) is 3.24. The van der Waals surface area contributed by atoms with E-state index in [1.54, 1.807) is 16.7 Å². The highest BCUT2D eigenvalue weighted by atomic mass is 16.3. The average molecular weight is 344 g/mol. The SMILES string of the molecule is CCc1nc2cc(N[C@H](C)C(=O)N3CCN(C(C)=O)CC3)ccc2o1. The Hall–Kier alpha value is -2.57. The number of nitrogens with zero attached hydrogens (tertiary/aromatic N) is 3. The summed E-state index contributed by atoms with van der Waals surface area (Å²) in [6, 6.07) is 5.31. The number of anilines is 1. The Morgan fingerprint density at radius 2 is 1.92 bits per heavy atom. The number of fused-ring (bicyclic) bond motifs is 1. The van der Waals surface area contributed by atoms with Crippen LogP contribution in [-0.4, -0.2) is 58.8 Å². The van der Waals surface area contributed by atoms with E-state index in [2.05, 4.69) is 10.3 Å². The van der Waals surface area contributed by atoms with Gasteiger partial charge in [-0.05, 0) is 25.1 Å². The highest BCUT2D eigenvalue weighted by Gasteiger charge is 2.25. The summed E-state index contributed by atoms with van der Waals surface area (Å²) >= 11 is 0. The van der Waals surface area contributed by atoms with Crippen molar-refractivity contribution in [2.75, 3.05) is 31.5 Å². The van der Waals surface area contributed by atoms with E-state index < -0.39 is 0 Å². The van der Waals surface area contributed by atoms with Crippen LogP contribution in [0.3, 0.4) is 0 Å². The summed E-state index contributed by atoms with van der Waals surface area (Å²) < 4.78 is 5.60. The van der Waals surface area contributed by atoms with Crippen molar-refractivity contribution in [1.82, 2.24) is 14.8 Å². The normalized spacial score (nSPS) is 16.1. The lowest BCUT2D eigenvalue weighted by Crippen LogP contribution is -2.53. The van der Waals surface area contributed by atoms with Crippen molar-refractivity contribution < 1.29 is 14.0 Å². The van der Waals surface area contributed by atoms with Crippen molar-refractivity contribution >= 4 is 28.6 Å². The van der Waals surface area contributed by atoms with Crippen LogP contribution in [0.2, 0.25) is 0 Å². The number of piperazine rings is 1. The van der Waals surface area contributed by atoms with Gasteiger partial charge in [-0.1, -0.05) is 6.92 Å². The highest BCUT2D eigenvalue weighted by molar-refractivity contribution is 5.86. The molecular weight excluding hydrogens is 320 g/mol. The molecular formula is C18H24N4O3. The molecule has 1 saturated heterocycles. The number of hydrogen-bond acceptors (Lipinski definition) is 5. The summed E-state index contributed by atoms with van der Waals surface area (Å²) in [6.45, 7) is 7.75. The summed E-state index contributed by atoms with van der Waals surface area (Å²) in [6.07, 6.45) is 0.749. The second-order valence-electron chi connectivity index (χ2n) is 6.34. The van der Waals surface area contributed by atoms with E-state index in [-0.39, 0.29) is 17.9 Å². The molecule has 0 saturated carbocycles. The molecule has 0 aliphatic carbocycles. The molecule has 25 heavy (non-hydrogen) atoms. The third-order valence-corrected chi connectivity index (χ3v) is 4.52. The smallest absolute Gasteiger partial charge is 0.244 e. The predicted octanol–water partition coefficient (Wildman–Crippen LogP) is 1.88. The van der Waals surface area contributed by atoms with Crippen LogP contribution in [-0.2, 0) is 16.0 Å². The van der Waals surface area contributed by atoms with Gasteiger partial charge in [0.05, 0.1) is 0 Å². The van der Waals surface area contributed by atoms with Gasteiger partial charge in [0, 0.05) is 45.2 Å². The van der Waals surface area contributed by atoms with E-state index >= 15 is 0 Å². The maximum Gasteiger partial charge on any atom is 0.244 e. The van der Waals surface area contributed by atoms with Gasteiger partial charge in [0.1, 0.15) is 11.6 Å². The number of amides is 2. The fourth-order valence-electron chi connectivity index (χ4n) is 3.04. The average Bonchev–Trinajstić information content (AvgIpc) is 3.03. The molecule has 7 heteroatoms. The minimum Gasteiger partial charge on any atom is -0.441 e. The second-order valence-corrected chi connectivity index (χ2v) is 6.34. The number of oxazole rings is 1. The minimum absolute atomic E-state index is 0.0395. The van der Waals surface area contributed by atoms with Crippen molar-refractivity contribution in [3.05, 3.63) is 24.1 Å². The highest BCUT2D eigenvalue weighted by Crippen LogP contribution is 2.21. The van der Waals surface area contributed by atoms with E-state index in [1.807, 2.05) is 32.0 Å². The molecule has 0 spiro atoms. The zero-order chi connectivity index (χ0) is 18.0. The Morgan fingerprint density at radius 1 is 1.24 bits per heavy atom. The first-order chi connectivity index (χ1) is 12.0. The molecule has 1 aromatic carbocycles. The Kier molecular flexibility index (Phi) is 4.92. The molecule has 1 aliphatic heterocycles. The van der Waals surface area contributed by atoms with Crippen molar-refractivity contribution in [1.29, 1.82) is 0 Å². The quantitative estimate of drug-likeness (QED) is 0.916. The Morgan fingerprint density at radius 3 is 2.56 bits per heavy atom. The molecule has 0 unspecified atom stereocenters. The van der Waals surface area contributed by atoms with Gasteiger partial charge in [0.2, 0.25) is 11.8 Å². The van der Waals surface area contributed by atoms with Gasteiger partial charge in [0.15, 0.2) is 11.5 Å². The molecule has 2 heterocycles. The summed E-state index contributed by atoms with van der Waals surface area (Å²) in [5.41, 5.74) is 2.38. The van der Waals surface area contributed by atoms with Gasteiger partial charge in [0.25, 0.3) is 0 Å². The minimum atomic E-state index is -0.348. The lowest BCUT2D eigenvalue weighted by molar-refractivity contribution is -0.138. The number of benzene rings is 1. The first kappa shape index (κ1) is 17.3. The van der Waals surface area contributed by atoms with Gasteiger partial charge in [-0.15, -0.1) is 0 Å². The molecule has 1 fully saturated rings. The number of hydrogen-bond donors (Lipinski definition) is 1. The standard InChI is InChI=1S/C18H24N4O3/c1-4-17-20-15-11-14(5-6-16(15)25-17)19-12(2)18(24)22-9-7-21(8-10-22)13(3)23/h5-6,11-12,19H,4,7-10H2,1-3H3/t12-/m1/s1. The van der Waals surface area contributed by atoms with E-state index in [0.717, 1.165) is 23.2 Å². The molecule has 1 aromatic heterocycles. The van der Waals surface area contributed by atoms with E-state index in [0.29, 0.717) is 32.1 Å². The fraction of sp³-hybridized carbons (Fsp3) is 0.500. The van der Waals surface area contributed by atoms with Crippen LogP contribution in [0.15, 0.2) is 22.6 Å². The summed E-state index contributed by atoms with van der Waals surface area (Å²) in [4.78, 5) is 32.0. The van der Waals surface area contributed by atoms with Crippen LogP contribution in [0.4, 0.5) is 5.69 Å². The molecule has 7 nitrogen and oxygen atoms in total. The monoisotopic (exact) mass is 344 g/mol. The van der Waals surface area contributed by atoms with E-state index in [9.17, 15) is 9.59 Å². The van der Waals surface area contributed by atoms with Gasteiger partial charge < -0.3 is 19.5 Å². The first-order valence-corrected chi connectivity index (χ1v) is 8.68. The van der Waals surface area contributed by atoms with Crippen LogP contribution in [0.1, 0.15) is 26.7 Å². The topological polar surface area (TPSA) is 78.7 Å². The first-order valence-electron chi connectivity index (χ1n) is 8.68. The number of nitrogens with one attached hydrogen (secondary N) is 1. The van der Waals surface area contributed by atoms with E-state index in [4.69, 9.17) is 4.42 Å². The van der Waals surface area contributed by atoms with Crippen LogP contribution in [0.5, 0.6) is 0 Å². The van der Waals surface area contributed by atoms with Crippen LogP contribution in [0.25, 0.3) is 11.1 Å². The van der Waals surface area contributed by atoms with Crippen LogP contribution >= 0.6 is 0 Å². The number of carbonyl (C=O) groups excluding carboxylic acids is 2. The molecule has 0 bridgehead atoms. The van der Waals surface area contributed by atoms with Crippen LogP contribution < -0.4 is 5.32 Å². The fourth-order valence-corrected chi connectivity index (χ4v) is 3.04. The van der Waals surface area contributed by atoms with Crippen molar-refractivity contribution in [2.24, 2.45) is 0 Å². The summed E-state index contributed by atoms with van der Waals surface area (Å²) in [7, 11) is 0. The van der Waals surface area contributed by atoms with Gasteiger partial charge in [-0.3, -0.25) is 9.59 Å². The molecule has 1 N–H and O–H groups in total. The third kappa shape index (κ3) is 3.75. The van der Waals surface area contributed by atoms with E-state index in [1.165, 1.54) is 0 Å². The Labute approximate surface area is 147 Å². The van der Waals surface area contributed by atoms with Crippen molar-refractivity contribution in [3.63, 3.8) is 0 Å². The molecule has 1 atom stereocenters. The number of carbonyl (C=O) groups is 2. The maximum absolute atomic E-state index is 12.6. The second kappa shape index (κ2) is 7.13. The lowest BCUT2D eigenvalue weighted by atomic mass is 10.2. The zero-order valence-corrected chi connectivity index (χ0v) is 14.9. The largest absolute Gasteiger partial charge is 0.441 e. The van der Waals surface area contributed by atoms with Gasteiger partial charge in [-0.25, -0.2) is 4.98 Å². The predicted molar refractivity (Wildman–Crippen MR) is 95.3 cm³/mol. The maximum atomic E-state index is 12.6. The van der Waals surface area contributed by atoms with Gasteiger partial charge in [-0.2, -0.15) is 0 Å². The van der Waals surface area contributed by atoms with Crippen molar-refractivity contribution in [3.8, 4) is 0 Å². The van der Waals surface area contributed by atoms with Crippen molar-refractivity contribution in [2.45, 2.75) is 33.2 Å².